The number of hydrogen-bond acceptors (Lipinski definition) is 5. The summed E-state index contributed by atoms with van der Waals surface area (Å²) in [7, 11) is 0. The molecule has 0 aliphatic heterocycles. The van der Waals surface area contributed by atoms with E-state index < -0.39 is 10.3 Å². The number of rotatable bonds is 8. The van der Waals surface area contributed by atoms with Gasteiger partial charge in [-0.2, -0.15) is 5.26 Å². The second kappa shape index (κ2) is 7.60. The van der Waals surface area contributed by atoms with Crippen molar-refractivity contribution in [3.05, 3.63) is 33.9 Å². The second-order valence-corrected chi connectivity index (χ2v) is 5.43. The molecule has 0 amide bonds. The van der Waals surface area contributed by atoms with Gasteiger partial charge in [-0.1, -0.05) is 13.0 Å². The van der Waals surface area contributed by atoms with Crippen LogP contribution < -0.4 is 10.1 Å². The van der Waals surface area contributed by atoms with Crippen LogP contribution in [0.5, 0.6) is 5.75 Å². The first kappa shape index (κ1) is 16.9. The minimum atomic E-state index is -0.500. The summed E-state index contributed by atoms with van der Waals surface area (Å²) in [5.41, 5.74) is 0.299. The molecular weight excluding hydrogens is 270 g/mol. The van der Waals surface area contributed by atoms with E-state index in [2.05, 4.69) is 11.4 Å². The van der Waals surface area contributed by atoms with Crippen LogP contribution in [-0.2, 0) is 6.54 Å². The van der Waals surface area contributed by atoms with Crippen LogP contribution in [0.1, 0.15) is 32.8 Å². The summed E-state index contributed by atoms with van der Waals surface area (Å²) in [6.45, 7) is 7.25. The summed E-state index contributed by atoms with van der Waals surface area (Å²) in [5.74, 6) is 0.244. The second-order valence-electron chi connectivity index (χ2n) is 5.43. The number of benzene rings is 1. The first-order valence-electron chi connectivity index (χ1n) is 6.91. The predicted molar refractivity (Wildman–Crippen MR) is 80.0 cm³/mol. The van der Waals surface area contributed by atoms with Crippen molar-refractivity contribution in [2.75, 3.05) is 13.2 Å². The van der Waals surface area contributed by atoms with Crippen LogP contribution in [-0.4, -0.2) is 18.1 Å². The van der Waals surface area contributed by atoms with Gasteiger partial charge in [0.1, 0.15) is 0 Å². The van der Waals surface area contributed by atoms with Crippen molar-refractivity contribution in [1.82, 2.24) is 5.32 Å². The molecule has 1 N–H and O–H groups in total. The fourth-order valence-electron chi connectivity index (χ4n) is 1.68. The van der Waals surface area contributed by atoms with Crippen LogP contribution in [0.15, 0.2) is 18.2 Å². The number of hydrogen-bond donors (Lipinski definition) is 1. The average Bonchev–Trinajstić information content (AvgIpc) is 2.45. The summed E-state index contributed by atoms with van der Waals surface area (Å²) < 4.78 is 5.48. The maximum Gasteiger partial charge on any atom is 0.311 e. The summed E-state index contributed by atoms with van der Waals surface area (Å²) in [6.07, 6.45) is 0.514. The summed E-state index contributed by atoms with van der Waals surface area (Å²) >= 11 is 0. The zero-order valence-electron chi connectivity index (χ0n) is 12.7. The molecule has 0 saturated heterocycles. The van der Waals surface area contributed by atoms with Crippen LogP contribution in [0, 0.1) is 26.9 Å². The van der Waals surface area contributed by atoms with Gasteiger partial charge >= 0.3 is 5.69 Å². The van der Waals surface area contributed by atoms with Crippen LogP contribution in [0.4, 0.5) is 5.69 Å². The Bertz CT molecular complexity index is 535. The van der Waals surface area contributed by atoms with E-state index in [0.717, 1.165) is 12.1 Å². The SMILES string of the molecule is CCNCc1ccc(OCCC(C)(C)C#N)c([N+](=O)[O-])c1. The molecule has 0 unspecified atom stereocenters. The Labute approximate surface area is 124 Å². The van der Waals surface area contributed by atoms with Crippen molar-refractivity contribution in [2.45, 2.75) is 33.7 Å². The Balaban J connectivity index is 2.78. The van der Waals surface area contributed by atoms with Gasteiger partial charge in [-0.05, 0) is 38.4 Å². The maximum absolute atomic E-state index is 11.1. The van der Waals surface area contributed by atoms with Crippen molar-refractivity contribution >= 4 is 5.69 Å². The van der Waals surface area contributed by atoms with E-state index in [9.17, 15) is 10.1 Å². The third-order valence-electron chi connectivity index (χ3n) is 3.09. The van der Waals surface area contributed by atoms with E-state index >= 15 is 0 Å². The molecule has 1 aromatic carbocycles. The smallest absolute Gasteiger partial charge is 0.311 e. The van der Waals surface area contributed by atoms with Gasteiger partial charge in [-0.15, -0.1) is 0 Å². The maximum atomic E-state index is 11.1. The molecule has 1 aromatic rings. The molecule has 0 spiro atoms. The molecule has 0 saturated carbocycles. The molecule has 21 heavy (non-hydrogen) atoms. The molecule has 0 bridgehead atoms. The fourth-order valence-corrected chi connectivity index (χ4v) is 1.68. The summed E-state index contributed by atoms with van der Waals surface area (Å²) in [4.78, 5) is 10.7. The Morgan fingerprint density at radius 2 is 2.19 bits per heavy atom. The zero-order chi connectivity index (χ0) is 15.9. The monoisotopic (exact) mass is 291 g/mol. The molecule has 1 rings (SSSR count). The molecule has 0 heterocycles. The average molecular weight is 291 g/mol. The topological polar surface area (TPSA) is 88.2 Å². The van der Waals surface area contributed by atoms with Gasteiger partial charge in [0.25, 0.3) is 0 Å². The summed E-state index contributed by atoms with van der Waals surface area (Å²) in [6, 6.07) is 7.12. The number of nitrogens with zero attached hydrogens (tertiary/aromatic N) is 2. The van der Waals surface area contributed by atoms with E-state index in [4.69, 9.17) is 10.00 Å². The van der Waals surface area contributed by atoms with Crippen molar-refractivity contribution in [3.8, 4) is 11.8 Å². The minimum absolute atomic E-state index is 0.0415. The van der Waals surface area contributed by atoms with Crippen LogP contribution in [0.3, 0.4) is 0 Å². The van der Waals surface area contributed by atoms with Crippen molar-refractivity contribution in [3.63, 3.8) is 0 Å². The van der Waals surface area contributed by atoms with Crippen LogP contribution in [0.2, 0.25) is 0 Å². The number of nitrogens with one attached hydrogen (secondary N) is 1. The van der Waals surface area contributed by atoms with Crippen LogP contribution >= 0.6 is 0 Å². The van der Waals surface area contributed by atoms with Crippen molar-refractivity contribution in [1.29, 1.82) is 5.26 Å². The quantitative estimate of drug-likeness (QED) is 0.587. The van der Waals surface area contributed by atoms with E-state index in [0.29, 0.717) is 13.0 Å². The highest BCUT2D eigenvalue weighted by molar-refractivity contribution is 5.48. The molecular formula is C15H21N3O3. The highest BCUT2D eigenvalue weighted by atomic mass is 16.6. The van der Waals surface area contributed by atoms with E-state index in [1.54, 1.807) is 12.1 Å². The highest BCUT2D eigenvalue weighted by Crippen LogP contribution is 2.29. The molecule has 0 radical (unpaired) electrons. The predicted octanol–water partition coefficient (Wildman–Crippen LogP) is 3.02. The van der Waals surface area contributed by atoms with E-state index in [1.165, 1.54) is 6.07 Å². The van der Waals surface area contributed by atoms with Gasteiger partial charge in [0, 0.05) is 12.6 Å². The molecule has 6 heteroatoms. The molecule has 0 aliphatic rings. The van der Waals surface area contributed by atoms with Crippen molar-refractivity contribution in [2.24, 2.45) is 5.41 Å². The number of nitro benzene ring substituents is 1. The molecule has 0 aliphatic carbocycles. The fraction of sp³-hybridized carbons (Fsp3) is 0.533. The van der Waals surface area contributed by atoms with Gasteiger partial charge in [0.2, 0.25) is 0 Å². The lowest BCUT2D eigenvalue weighted by atomic mass is 9.92. The lowest BCUT2D eigenvalue weighted by Gasteiger charge is -2.15. The summed E-state index contributed by atoms with van der Waals surface area (Å²) in [5, 5.41) is 23.2. The molecule has 0 atom stereocenters. The van der Waals surface area contributed by atoms with E-state index in [1.807, 2.05) is 20.8 Å². The minimum Gasteiger partial charge on any atom is -0.487 e. The van der Waals surface area contributed by atoms with Crippen molar-refractivity contribution < 1.29 is 9.66 Å². The molecule has 114 valence electrons. The van der Waals surface area contributed by atoms with E-state index in [-0.39, 0.29) is 18.0 Å². The first-order valence-corrected chi connectivity index (χ1v) is 6.91. The Morgan fingerprint density at radius 3 is 2.76 bits per heavy atom. The zero-order valence-corrected chi connectivity index (χ0v) is 12.7. The number of nitriles is 1. The van der Waals surface area contributed by atoms with Gasteiger partial charge in [0.05, 0.1) is 23.0 Å². The normalized spacial score (nSPS) is 11.0. The standard InChI is InChI=1S/C15H21N3O3/c1-4-17-10-12-5-6-14(13(9-12)18(19)20)21-8-7-15(2,3)11-16/h5-6,9,17H,4,7-8,10H2,1-3H3. The lowest BCUT2D eigenvalue weighted by molar-refractivity contribution is -0.385. The Hall–Kier alpha value is -2.13. The van der Waals surface area contributed by atoms with Crippen LogP contribution in [0.25, 0.3) is 0 Å². The first-order chi connectivity index (χ1) is 9.89. The van der Waals surface area contributed by atoms with Gasteiger partial charge in [-0.25, -0.2) is 0 Å². The Morgan fingerprint density at radius 1 is 1.48 bits per heavy atom. The molecule has 0 fully saturated rings. The Kier molecular flexibility index (Phi) is 6.12. The van der Waals surface area contributed by atoms with Gasteiger partial charge in [0.15, 0.2) is 5.75 Å². The lowest BCUT2D eigenvalue weighted by Crippen LogP contribution is -2.14. The third kappa shape index (κ3) is 5.40. The molecule has 0 aromatic heterocycles. The largest absolute Gasteiger partial charge is 0.487 e. The van der Waals surface area contributed by atoms with Gasteiger partial charge in [-0.3, -0.25) is 10.1 Å². The number of ether oxygens (including phenoxy) is 1. The highest BCUT2D eigenvalue weighted by Gasteiger charge is 2.19. The molecule has 6 nitrogen and oxygen atoms in total. The van der Waals surface area contributed by atoms with Gasteiger partial charge < -0.3 is 10.1 Å². The third-order valence-corrected chi connectivity index (χ3v) is 3.09. The number of nitro groups is 1.